The smallest absolute Gasteiger partial charge is 0.435 e. The van der Waals surface area contributed by atoms with E-state index >= 15 is 0 Å². The maximum absolute atomic E-state index is 13.0. The van der Waals surface area contributed by atoms with Crippen LogP contribution in [0.5, 0.6) is 5.75 Å². The topological polar surface area (TPSA) is 27.7 Å². The summed E-state index contributed by atoms with van der Waals surface area (Å²) in [6, 6.07) is 6.14. The number of alkyl halides is 9. The highest BCUT2D eigenvalue weighted by molar-refractivity contribution is 5.40. The Morgan fingerprint density at radius 1 is 0.897 bits per heavy atom. The lowest BCUT2D eigenvalue weighted by Gasteiger charge is -2.50. The van der Waals surface area contributed by atoms with Gasteiger partial charge >= 0.3 is 24.1 Å². The summed E-state index contributed by atoms with van der Waals surface area (Å²) in [5.74, 6) is 1.92. The second kappa shape index (κ2) is 10.6. The third-order valence-electron chi connectivity index (χ3n) is 9.00. The lowest BCUT2D eigenvalue weighted by Crippen LogP contribution is -2.67. The molecule has 0 aliphatic heterocycles. The molecule has 4 rings (SSSR count). The van der Waals surface area contributed by atoms with Gasteiger partial charge in [-0.05, 0) is 98.3 Å². The van der Waals surface area contributed by atoms with Gasteiger partial charge in [-0.15, -0.1) is 0 Å². The summed E-state index contributed by atoms with van der Waals surface area (Å²) >= 11 is 0. The van der Waals surface area contributed by atoms with Gasteiger partial charge in [0.1, 0.15) is 5.75 Å². The quantitative estimate of drug-likeness (QED) is 0.233. The van der Waals surface area contributed by atoms with Gasteiger partial charge in [0.05, 0.1) is 19.3 Å². The minimum absolute atomic E-state index is 0.232. The zero-order valence-corrected chi connectivity index (χ0v) is 21.4. The first kappa shape index (κ1) is 30.3. The lowest BCUT2D eigenvalue weighted by molar-refractivity contribution is -0.457. The Kier molecular flexibility index (Phi) is 8.24. The van der Waals surface area contributed by atoms with Gasteiger partial charge in [-0.2, -0.15) is 39.5 Å². The summed E-state index contributed by atoms with van der Waals surface area (Å²) in [5, 5.41) is 0. The van der Waals surface area contributed by atoms with Crippen molar-refractivity contribution in [3.05, 3.63) is 36.2 Å². The van der Waals surface area contributed by atoms with E-state index in [1.54, 1.807) is 0 Å². The Labute approximate surface area is 221 Å². The number of ether oxygens (including phenoxy) is 3. The first-order valence-electron chi connectivity index (χ1n) is 13.1. The maximum atomic E-state index is 13.0. The summed E-state index contributed by atoms with van der Waals surface area (Å²) < 4.78 is 132. The highest BCUT2D eigenvalue weighted by Gasteiger charge is 2.85. The van der Waals surface area contributed by atoms with Crippen molar-refractivity contribution in [2.24, 2.45) is 17.3 Å². The molecule has 0 unspecified atom stereocenters. The molecule has 0 spiro atoms. The van der Waals surface area contributed by atoms with Gasteiger partial charge in [-0.1, -0.05) is 13.0 Å². The SMILES string of the molecule is [CH2]COc1ccc2c(c1)CC[C@@H]1[C@@H]2CC[C@]2(C)[C@@H](OCCCOC(C(F)(F)F)(C(F)(F)F)C(F)(F)F)CC[C@@H]12. The Bertz CT molecular complexity index is 968. The zero-order valence-electron chi connectivity index (χ0n) is 21.4. The Balaban J connectivity index is 1.36. The standard InChI is InChI=1S/C27H32F9O3/c1-3-37-17-6-8-18-16(15-17)5-7-20-19(18)11-12-23(2)21(20)9-10-22(23)38-13-4-14-39-24(25(28,29)30,26(31,32)33)27(34,35)36/h6,8,15,19-22H,1,3-5,7,9-14H2,2H3/t19-,20-,21+,22+,23+/m1/s1. The van der Waals surface area contributed by atoms with Crippen LogP contribution < -0.4 is 4.74 Å². The maximum Gasteiger partial charge on any atom is 0.435 e. The molecule has 3 nitrogen and oxygen atoms in total. The van der Waals surface area contributed by atoms with Crippen LogP contribution in [0.25, 0.3) is 0 Å². The van der Waals surface area contributed by atoms with Crippen molar-refractivity contribution < 1.29 is 53.7 Å². The minimum Gasteiger partial charge on any atom is -0.494 e. The largest absolute Gasteiger partial charge is 0.494 e. The molecule has 1 aromatic carbocycles. The number of halogens is 9. The monoisotopic (exact) mass is 575 g/mol. The minimum atomic E-state index is -6.73. The molecular weight excluding hydrogens is 543 g/mol. The lowest BCUT2D eigenvalue weighted by atomic mass is 9.55. The Hall–Kier alpha value is -1.69. The summed E-state index contributed by atoms with van der Waals surface area (Å²) in [7, 11) is 0. The highest BCUT2D eigenvalue weighted by atomic mass is 19.4. The molecule has 39 heavy (non-hydrogen) atoms. The average molecular weight is 576 g/mol. The normalized spacial score (nSPS) is 29.5. The van der Waals surface area contributed by atoms with Gasteiger partial charge in [0.15, 0.2) is 0 Å². The van der Waals surface area contributed by atoms with Gasteiger partial charge < -0.3 is 14.2 Å². The number of fused-ring (bicyclic) bond motifs is 5. The van der Waals surface area contributed by atoms with E-state index in [-0.39, 0.29) is 18.1 Å². The van der Waals surface area contributed by atoms with Crippen molar-refractivity contribution in [3.63, 3.8) is 0 Å². The van der Waals surface area contributed by atoms with E-state index in [9.17, 15) is 39.5 Å². The second-order valence-electron chi connectivity index (χ2n) is 11.0. The van der Waals surface area contributed by atoms with Crippen LogP contribution in [0.4, 0.5) is 39.5 Å². The molecule has 12 heteroatoms. The van der Waals surface area contributed by atoms with E-state index in [4.69, 9.17) is 9.47 Å². The van der Waals surface area contributed by atoms with E-state index in [0.717, 1.165) is 37.9 Å². The van der Waals surface area contributed by atoms with E-state index < -0.39 is 37.2 Å². The van der Waals surface area contributed by atoms with Gasteiger partial charge in [0.2, 0.25) is 0 Å². The first-order valence-corrected chi connectivity index (χ1v) is 13.1. The van der Waals surface area contributed by atoms with E-state index in [1.807, 2.05) is 6.07 Å². The van der Waals surface area contributed by atoms with Crippen LogP contribution in [0.2, 0.25) is 0 Å². The number of rotatable bonds is 8. The summed E-state index contributed by atoms with van der Waals surface area (Å²) in [6.45, 7) is 4.43. The molecule has 0 amide bonds. The third-order valence-corrected chi connectivity index (χ3v) is 9.00. The molecule has 2 fully saturated rings. The Morgan fingerprint density at radius 3 is 2.18 bits per heavy atom. The second-order valence-corrected chi connectivity index (χ2v) is 11.0. The molecule has 5 atom stereocenters. The van der Waals surface area contributed by atoms with Crippen molar-refractivity contribution in [1.82, 2.24) is 0 Å². The van der Waals surface area contributed by atoms with Crippen LogP contribution in [-0.4, -0.2) is 50.1 Å². The van der Waals surface area contributed by atoms with E-state index in [0.29, 0.717) is 30.8 Å². The summed E-state index contributed by atoms with van der Waals surface area (Å²) in [5.41, 5.74) is -3.89. The van der Waals surface area contributed by atoms with Crippen molar-refractivity contribution in [1.29, 1.82) is 0 Å². The fourth-order valence-corrected chi connectivity index (χ4v) is 7.23. The van der Waals surface area contributed by atoms with E-state index in [2.05, 4.69) is 30.7 Å². The van der Waals surface area contributed by atoms with Gasteiger partial charge in [-0.3, -0.25) is 0 Å². The molecule has 3 aliphatic rings. The molecule has 0 heterocycles. The van der Waals surface area contributed by atoms with Crippen LogP contribution in [0.1, 0.15) is 62.5 Å². The predicted octanol–water partition coefficient (Wildman–Crippen LogP) is 7.97. The van der Waals surface area contributed by atoms with Crippen LogP contribution in [0, 0.1) is 24.2 Å². The fraction of sp³-hybridized carbons (Fsp3) is 0.741. The molecule has 3 aliphatic carbocycles. The molecule has 0 N–H and O–H groups in total. The molecule has 1 radical (unpaired) electrons. The van der Waals surface area contributed by atoms with Crippen molar-refractivity contribution in [3.8, 4) is 5.75 Å². The molecule has 0 saturated heterocycles. The van der Waals surface area contributed by atoms with Crippen LogP contribution in [0.15, 0.2) is 18.2 Å². The van der Waals surface area contributed by atoms with Crippen molar-refractivity contribution >= 4 is 0 Å². The van der Waals surface area contributed by atoms with Crippen molar-refractivity contribution in [2.45, 2.75) is 88.0 Å². The molecule has 2 saturated carbocycles. The predicted molar refractivity (Wildman–Crippen MR) is 123 cm³/mol. The van der Waals surface area contributed by atoms with Crippen LogP contribution >= 0.6 is 0 Å². The number of aryl methyl sites for hydroxylation is 1. The number of benzene rings is 1. The Morgan fingerprint density at radius 2 is 1.56 bits per heavy atom. The van der Waals surface area contributed by atoms with Gasteiger partial charge in [0, 0.05) is 6.61 Å². The van der Waals surface area contributed by atoms with Gasteiger partial charge in [-0.25, -0.2) is 0 Å². The average Bonchev–Trinajstić information content (AvgIpc) is 3.15. The van der Waals surface area contributed by atoms with E-state index in [1.165, 1.54) is 11.1 Å². The highest BCUT2D eigenvalue weighted by Crippen LogP contribution is 2.62. The summed E-state index contributed by atoms with van der Waals surface area (Å²) in [6.07, 6.45) is -15.8. The zero-order chi connectivity index (χ0) is 28.9. The van der Waals surface area contributed by atoms with Gasteiger partial charge in [0.25, 0.3) is 0 Å². The molecule has 1 aromatic rings. The third kappa shape index (κ3) is 5.24. The molecule has 0 aromatic heterocycles. The molecular formula is C27H32F9O3. The number of hydrogen-bond acceptors (Lipinski definition) is 3. The van der Waals surface area contributed by atoms with Crippen LogP contribution in [0.3, 0.4) is 0 Å². The molecule has 221 valence electrons. The van der Waals surface area contributed by atoms with Crippen molar-refractivity contribution in [2.75, 3.05) is 19.8 Å². The fourth-order valence-electron chi connectivity index (χ4n) is 7.23. The first-order chi connectivity index (χ1) is 18.1. The van der Waals surface area contributed by atoms with Crippen LogP contribution in [-0.2, 0) is 15.9 Å². The summed E-state index contributed by atoms with van der Waals surface area (Å²) in [4.78, 5) is 0. The number of hydrogen-bond donors (Lipinski definition) is 0. The molecule has 0 bridgehead atoms.